The summed E-state index contributed by atoms with van der Waals surface area (Å²) in [6.07, 6.45) is 9.85. The first-order valence-electron chi connectivity index (χ1n) is 7.56. The van der Waals surface area contributed by atoms with Crippen LogP contribution in [0.2, 0.25) is 0 Å². The molecule has 1 aliphatic rings. The summed E-state index contributed by atoms with van der Waals surface area (Å²) in [5, 5.41) is 3.35. The van der Waals surface area contributed by atoms with E-state index in [4.69, 9.17) is 9.15 Å². The maximum Gasteiger partial charge on any atom is 0.394 e. The van der Waals surface area contributed by atoms with Gasteiger partial charge in [-0.1, -0.05) is 26.7 Å². The van der Waals surface area contributed by atoms with Crippen molar-refractivity contribution < 1.29 is 9.15 Å². The second-order valence-electron chi connectivity index (χ2n) is 5.86. The molecule has 1 aromatic heterocycles. The zero-order chi connectivity index (χ0) is 13.5. The lowest BCUT2D eigenvalue weighted by molar-refractivity contribution is 0.133. The Kier molecular flexibility index (Phi) is 5.70. The van der Waals surface area contributed by atoms with E-state index in [0.29, 0.717) is 12.0 Å². The van der Waals surface area contributed by atoms with Crippen LogP contribution < -0.4 is 10.1 Å². The van der Waals surface area contributed by atoms with Crippen molar-refractivity contribution >= 4 is 0 Å². The highest BCUT2D eigenvalue weighted by molar-refractivity contribution is 5.00. The van der Waals surface area contributed by atoms with Gasteiger partial charge in [0.2, 0.25) is 0 Å². The van der Waals surface area contributed by atoms with E-state index in [1.807, 2.05) is 0 Å². The predicted molar refractivity (Wildman–Crippen MR) is 75.2 cm³/mol. The third-order valence-corrected chi connectivity index (χ3v) is 3.46. The minimum absolute atomic E-state index is 0.289. The topological polar surface area (TPSA) is 47.3 Å². The van der Waals surface area contributed by atoms with Crippen molar-refractivity contribution in [1.82, 2.24) is 10.3 Å². The maximum atomic E-state index is 5.84. The first kappa shape index (κ1) is 14.4. The summed E-state index contributed by atoms with van der Waals surface area (Å²) >= 11 is 0. The van der Waals surface area contributed by atoms with Crippen LogP contribution >= 0.6 is 0 Å². The molecule has 19 heavy (non-hydrogen) atoms. The molecule has 1 heterocycles. The van der Waals surface area contributed by atoms with Gasteiger partial charge in [0.1, 0.15) is 12.4 Å². The largest absolute Gasteiger partial charge is 0.447 e. The van der Waals surface area contributed by atoms with Crippen LogP contribution in [0.25, 0.3) is 0 Å². The number of ether oxygens (including phenoxy) is 1. The molecule has 1 aromatic rings. The summed E-state index contributed by atoms with van der Waals surface area (Å²) in [4.78, 5) is 4.38. The van der Waals surface area contributed by atoms with Crippen molar-refractivity contribution in [3.63, 3.8) is 0 Å². The minimum Gasteiger partial charge on any atom is -0.447 e. The molecule has 0 aromatic carbocycles. The fourth-order valence-electron chi connectivity index (χ4n) is 2.41. The smallest absolute Gasteiger partial charge is 0.394 e. The highest BCUT2D eigenvalue weighted by atomic mass is 16.6. The molecule has 4 nitrogen and oxygen atoms in total. The molecule has 0 spiro atoms. The van der Waals surface area contributed by atoms with E-state index in [9.17, 15) is 0 Å². The monoisotopic (exact) mass is 266 g/mol. The number of oxazole rings is 1. The number of nitrogens with zero attached hydrogens (tertiary/aromatic N) is 1. The Balaban J connectivity index is 1.76. The quantitative estimate of drug-likeness (QED) is 0.800. The molecule has 2 rings (SSSR count). The normalized spacial score (nSPS) is 17.6. The number of aromatic nitrogens is 1. The van der Waals surface area contributed by atoms with E-state index in [-0.39, 0.29) is 6.10 Å². The maximum absolute atomic E-state index is 5.84. The second kappa shape index (κ2) is 7.53. The highest BCUT2D eigenvalue weighted by Crippen LogP contribution is 2.22. The highest BCUT2D eigenvalue weighted by Gasteiger charge is 2.16. The molecular formula is C15H26N2O2. The molecule has 4 heteroatoms. The van der Waals surface area contributed by atoms with Gasteiger partial charge in [-0.3, -0.25) is 0 Å². The Labute approximate surface area is 115 Å². The third-order valence-electron chi connectivity index (χ3n) is 3.46. The van der Waals surface area contributed by atoms with Crippen LogP contribution in [-0.2, 0) is 6.54 Å². The Hall–Kier alpha value is -1.03. The molecule has 0 atom stereocenters. The summed E-state index contributed by atoms with van der Waals surface area (Å²) in [5.74, 6) is 0.647. The van der Waals surface area contributed by atoms with Gasteiger partial charge < -0.3 is 14.5 Å². The molecule has 1 saturated carbocycles. The van der Waals surface area contributed by atoms with Crippen molar-refractivity contribution in [2.24, 2.45) is 5.92 Å². The van der Waals surface area contributed by atoms with Crippen molar-refractivity contribution in [2.45, 2.75) is 65.0 Å². The molecule has 0 unspecified atom stereocenters. The van der Waals surface area contributed by atoms with Crippen LogP contribution in [0.5, 0.6) is 6.08 Å². The Morgan fingerprint density at radius 1 is 1.32 bits per heavy atom. The van der Waals surface area contributed by atoms with Gasteiger partial charge >= 0.3 is 6.08 Å². The first-order chi connectivity index (χ1) is 9.24. The lowest BCUT2D eigenvalue weighted by atomic mass is 10.2. The third kappa shape index (κ3) is 5.23. The molecule has 0 aliphatic heterocycles. The van der Waals surface area contributed by atoms with Gasteiger partial charge in [0.15, 0.2) is 0 Å². The Bertz CT molecular complexity index is 355. The minimum atomic E-state index is 0.289. The molecule has 1 aliphatic carbocycles. The van der Waals surface area contributed by atoms with Gasteiger partial charge in [-0.2, -0.15) is 4.98 Å². The molecule has 0 saturated heterocycles. The molecule has 0 amide bonds. The average Bonchev–Trinajstić information content (AvgIpc) is 2.65. The Morgan fingerprint density at radius 2 is 2.05 bits per heavy atom. The Morgan fingerprint density at radius 3 is 2.74 bits per heavy atom. The SMILES string of the molecule is CC(C)CNCc1coc(OC2CCCCCC2)n1. The second-order valence-corrected chi connectivity index (χ2v) is 5.86. The number of hydrogen-bond acceptors (Lipinski definition) is 4. The molecule has 1 fully saturated rings. The zero-order valence-corrected chi connectivity index (χ0v) is 12.2. The fourth-order valence-corrected chi connectivity index (χ4v) is 2.41. The number of hydrogen-bond donors (Lipinski definition) is 1. The summed E-state index contributed by atoms with van der Waals surface area (Å²) in [7, 11) is 0. The summed E-state index contributed by atoms with van der Waals surface area (Å²) in [6, 6.07) is 0. The van der Waals surface area contributed by atoms with Crippen molar-refractivity contribution in [3.8, 4) is 6.08 Å². The molecule has 0 radical (unpaired) electrons. The van der Waals surface area contributed by atoms with Crippen LogP contribution in [-0.4, -0.2) is 17.6 Å². The van der Waals surface area contributed by atoms with Gasteiger partial charge in [0.25, 0.3) is 0 Å². The number of nitrogens with one attached hydrogen (secondary N) is 1. The van der Waals surface area contributed by atoms with Crippen molar-refractivity contribution in [2.75, 3.05) is 6.54 Å². The van der Waals surface area contributed by atoms with Crippen LogP contribution in [0.15, 0.2) is 10.7 Å². The molecule has 1 N–H and O–H groups in total. The van der Waals surface area contributed by atoms with Gasteiger partial charge in [0, 0.05) is 6.54 Å². The first-order valence-corrected chi connectivity index (χ1v) is 7.56. The van der Waals surface area contributed by atoms with E-state index in [1.165, 1.54) is 25.7 Å². The summed E-state index contributed by atoms with van der Waals surface area (Å²) in [5.41, 5.74) is 0.921. The van der Waals surface area contributed by atoms with E-state index in [2.05, 4.69) is 24.1 Å². The fraction of sp³-hybridized carbons (Fsp3) is 0.800. The molecule has 0 bridgehead atoms. The van der Waals surface area contributed by atoms with E-state index < -0.39 is 0 Å². The van der Waals surface area contributed by atoms with Gasteiger partial charge in [0.05, 0.1) is 5.69 Å². The average molecular weight is 266 g/mol. The van der Waals surface area contributed by atoms with Crippen LogP contribution in [0.3, 0.4) is 0 Å². The van der Waals surface area contributed by atoms with Crippen LogP contribution in [0.4, 0.5) is 0 Å². The summed E-state index contributed by atoms with van der Waals surface area (Å²) in [6.45, 7) is 6.12. The lowest BCUT2D eigenvalue weighted by Gasteiger charge is -2.12. The molecular weight excluding hydrogens is 240 g/mol. The van der Waals surface area contributed by atoms with Gasteiger partial charge in [-0.05, 0) is 38.1 Å². The van der Waals surface area contributed by atoms with Crippen molar-refractivity contribution in [3.05, 3.63) is 12.0 Å². The molecule has 108 valence electrons. The zero-order valence-electron chi connectivity index (χ0n) is 12.2. The van der Waals surface area contributed by atoms with E-state index in [0.717, 1.165) is 31.6 Å². The van der Waals surface area contributed by atoms with Crippen LogP contribution in [0, 0.1) is 5.92 Å². The van der Waals surface area contributed by atoms with Crippen LogP contribution in [0.1, 0.15) is 58.1 Å². The van der Waals surface area contributed by atoms with Gasteiger partial charge in [-0.25, -0.2) is 0 Å². The van der Waals surface area contributed by atoms with E-state index in [1.54, 1.807) is 6.26 Å². The number of rotatable bonds is 6. The van der Waals surface area contributed by atoms with Gasteiger partial charge in [-0.15, -0.1) is 0 Å². The summed E-state index contributed by atoms with van der Waals surface area (Å²) < 4.78 is 11.2. The standard InChI is InChI=1S/C15H26N2O2/c1-12(2)9-16-10-13-11-18-15(17-13)19-14-7-5-3-4-6-8-14/h11-12,14,16H,3-10H2,1-2H3. The lowest BCUT2D eigenvalue weighted by Crippen LogP contribution is -2.19. The predicted octanol–water partition coefficient (Wildman–Crippen LogP) is 3.52. The van der Waals surface area contributed by atoms with Crippen molar-refractivity contribution in [1.29, 1.82) is 0 Å². The van der Waals surface area contributed by atoms with E-state index >= 15 is 0 Å².